The van der Waals surface area contributed by atoms with Crippen LogP contribution in [-0.4, -0.2) is 21.2 Å². The van der Waals surface area contributed by atoms with Crippen LogP contribution < -0.4 is 10.9 Å². The number of carbonyl (C=O) groups is 1. The van der Waals surface area contributed by atoms with Crippen molar-refractivity contribution < 1.29 is 9.21 Å². The molecule has 0 atom stereocenters. The molecule has 0 spiro atoms. The Bertz CT molecular complexity index is 1270. The molecule has 2 aromatic heterocycles. The molecule has 0 saturated carbocycles. The van der Waals surface area contributed by atoms with Crippen molar-refractivity contribution in [2.45, 2.75) is 38.4 Å². The van der Waals surface area contributed by atoms with E-state index in [-0.39, 0.29) is 22.8 Å². The van der Waals surface area contributed by atoms with Gasteiger partial charge in [-0.05, 0) is 42.7 Å². The maximum atomic E-state index is 12.9. The first-order valence-electron chi connectivity index (χ1n) is 9.92. The first-order chi connectivity index (χ1) is 14.5. The number of furan rings is 1. The average molecular weight is 422 g/mol. The summed E-state index contributed by atoms with van der Waals surface area (Å²) in [5.41, 5.74) is 3.15. The average Bonchev–Trinajstić information content (AvgIpc) is 3.12. The normalized spacial score (nSPS) is 11.5. The number of amides is 1. The molecule has 0 bridgehead atoms. The summed E-state index contributed by atoms with van der Waals surface area (Å²) in [6.07, 6.45) is 0. The molecule has 0 fully saturated rings. The topological polar surface area (TPSA) is 77.1 Å². The number of fused-ring (bicyclic) bond motifs is 3. The lowest BCUT2D eigenvalue weighted by Gasteiger charge is -2.10. The van der Waals surface area contributed by atoms with Crippen molar-refractivity contribution in [1.82, 2.24) is 9.55 Å². The smallest absolute Gasteiger partial charge is 0.297 e. The maximum Gasteiger partial charge on any atom is 0.297 e. The molecule has 4 aromatic rings. The van der Waals surface area contributed by atoms with Crippen molar-refractivity contribution in [3.63, 3.8) is 0 Å². The van der Waals surface area contributed by atoms with Gasteiger partial charge in [0.05, 0.1) is 5.75 Å². The molecule has 1 N–H and O–H groups in total. The molecule has 154 valence electrons. The predicted molar refractivity (Wildman–Crippen MR) is 121 cm³/mol. The van der Waals surface area contributed by atoms with Crippen LogP contribution in [0.1, 0.15) is 32.3 Å². The van der Waals surface area contributed by atoms with E-state index in [2.05, 4.69) is 24.1 Å². The van der Waals surface area contributed by atoms with Crippen LogP contribution in [0.4, 0.5) is 5.69 Å². The van der Waals surface area contributed by atoms with E-state index in [0.717, 1.165) is 11.1 Å². The fourth-order valence-electron chi connectivity index (χ4n) is 3.32. The molecule has 7 heteroatoms. The van der Waals surface area contributed by atoms with Gasteiger partial charge in [-0.15, -0.1) is 0 Å². The van der Waals surface area contributed by atoms with Crippen molar-refractivity contribution in [2.75, 3.05) is 11.1 Å². The van der Waals surface area contributed by atoms with Gasteiger partial charge in [-0.2, -0.15) is 0 Å². The van der Waals surface area contributed by atoms with Gasteiger partial charge in [0, 0.05) is 17.6 Å². The molecule has 0 radical (unpaired) electrons. The van der Waals surface area contributed by atoms with E-state index in [0.29, 0.717) is 28.7 Å². The first kappa shape index (κ1) is 20.2. The van der Waals surface area contributed by atoms with Gasteiger partial charge in [0.25, 0.3) is 5.56 Å². The van der Waals surface area contributed by atoms with Crippen molar-refractivity contribution in [3.05, 3.63) is 64.4 Å². The van der Waals surface area contributed by atoms with Crippen molar-refractivity contribution >= 4 is 45.4 Å². The summed E-state index contributed by atoms with van der Waals surface area (Å²) in [6.45, 7) is 6.58. The second-order valence-electron chi connectivity index (χ2n) is 7.33. The lowest BCUT2D eigenvalue weighted by atomic mass is 10.0. The number of aromatic nitrogens is 2. The van der Waals surface area contributed by atoms with Crippen LogP contribution in [0.3, 0.4) is 0 Å². The molecule has 1 amide bonds. The summed E-state index contributed by atoms with van der Waals surface area (Å²) in [7, 11) is 0. The van der Waals surface area contributed by atoms with E-state index in [4.69, 9.17) is 4.42 Å². The van der Waals surface area contributed by atoms with Gasteiger partial charge in [0.2, 0.25) is 11.5 Å². The lowest BCUT2D eigenvalue weighted by molar-refractivity contribution is -0.113. The molecule has 2 heterocycles. The summed E-state index contributed by atoms with van der Waals surface area (Å²) < 4.78 is 7.27. The highest BCUT2D eigenvalue weighted by Crippen LogP contribution is 2.27. The number of benzene rings is 2. The van der Waals surface area contributed by atoms with Gasteiger partial charge in [-0.25, -0.2) is 4.98 Å². The van der Waals surface area contributed by atoms with E-state index in [9.17, 15) is 9.59 Å². The predicted octanol–water partition coefficient (Wildman–Crippen LogP) is 5.02. The molecule has 0 aliphatic carbocycles. The van der Waals surface area contributed by atoms with Crippen LogP contribution in [0.5, 0.6) is 0 Å². The number of hydrogen-bond donors (Lipinski definition) is 1. The Hall–Kier alpha value is -3.06. The molecule has 0 unspecified atom stereocenters. The number of carbonyl (C=O) groups excluding carboxylic acids is 1. The second kappa shape index (κ2) is 8.36. The number of para-hydroxylation sites is 1. The minimum absolute atomic E-state index is 0.147. The van der Waals surface area contributed by atoms with Gasteiger partial charge in [-0.1, -0.05) is 49.9 Å². The number of nitrogens with one attached hydrogen (secondary N) is 1. The molecular weight excluding hydrogens is 398 g/mol. The zero-order valence-electron chi connectivity index (χ0n) is 17.1. The highest BCUT2D eigenvalue weighted by molar-refractivity contribution is 7.99. The summed E-state index contributed by atoms with van der Waals surface area (Å²) >= 11 is 1.25. The first-order valence-corrected chi connectivity index (χ1v) is 10.9. The Morgan fingerprint density at radius 1 is 1.17 bits per heavy atom. The Morgan fingerprint density at radius 3 is 2.60 bits per heavy atom. The summed E-state index contributed by atoms with van der Waals surface area (Å²) in [5.74, 6) is 0.446. The van der Waals surface area contributed by atoms with Gasteiger partial charge in [-0.3, -0.25) is 14.2 Å². The molecule has 0 saturated heterocycles. The minimum atomic E-state index is -0.231. The van der Waals surface area contributed by atoms with Gasteiger partial charge >= 0.3 is 0 Å². The fraction of sp³-hybridized carbons (Fsp3) is 0.261. The number of hydrogen-bond acceptors (Lipinski definition) is 5. The number of rotatable bonds is 6. The minimum Gasteiger partial charge on any atom is -0.448 e. The van der Waals surface area contributed by atoms with Crippen molar-refractivity contribution in [2.24, 2.45) is 0 Å². The SMILES string of the molecule is CCn1c(SCC(=O)Nc2ccc(C(C)C)cc2)nc2c(oc3ccccc32)c1=O. The quantitative estimate of drug-likeness (QED) is 0.349. The zero-order chi connectivity index (χ0) is 21.3. The van der Waals surface area contributed by atoms with Crippen LogP contribution >= 0.6 is 11.8 Å². The molecule has 0 aliphatic heterocycles. The van der Waals surface area contributed by atoms with Crippen molar-refractivity contribution in [1.29, 1.82) is 0 Å². The monoisotopic (exact) mass is 421 g/mol. The summed E-state index contributed by atoms with van der Waals surface area (Å²) in [6, 6.07) is 15.3. The van der Waals surface area contributed by atoms with E-state index in [1.165, 1.54) is 17.3 Å². The van der Waals surface area contributed by atoms with Crippen LogP contribution in [0.25, 0.3) is 22.1 Å². The summed E-state index contributed by atoms with van der Waals surface area (Å²) in [4.78, 5) is 30.0. The zero-order valence-corrected chi connectivity index (χ0v) is 18.0. The van der Waals surface area contributed by atoms with Gasteiger partial charge < -0.3 is 9.73 Å². The lowest BCUT2D eigenvalue weighted by Crippen LogP contribution is -2.23. The Morgan fingerprint density at radius 2 is 1.90 bits per heavy atom. The third kappa shape index (κ3) is 3.85. The standard InChI is InChI=1S/C23H23N3O3S/c1-4-26-22(28)21-20(17-7-5-6-8-18(17)29-21)25-23(26)30-13-19(27)24-16-11-9-15(10-12-16)14(2)3/h5-12,14H,4,13H2,1-3H3,(H,24,27). The number of thioether (sulfide) groups is 1. The molecular formula is C23H23N3O3S. The Balaban J connectivity index is 1.56. The largest absolute Gasteiger partial charge is 0.448 e. The van der Waals surface area contributed by atoms with Crippen LogP contribution in [-0.2, 0) is 11.3 Å². The Labute approximate surface area is 178 Å². The highest BCUT2D eigenvalue weighted by Gasteiger charge is 2.17. The molecule has 0 aliphatic rings. The maximum absolute atomic E-state index is 12.9. The highest BCUT2D eigenvalue weighted by atomic mass is 32.2. The third-order valence-corrected chi connectivity index (χ3v) is 5.93. The molecule has 6 nitrogen and oxygen atoms in total. The molecule has 30 heavy (non-hydrogen) atoms. The fourth-order valence-corrected chi connectivity index (χ4v) is 4.18. The van der Waals surface area contributed by atoms with Crippen LogP contribution in [0.2, 0.25) is 0 Å². The van der Waals surface area contributed by atoms with Crippen molar-refractivity contribution in [3.8, 4) is 0 Å². The molecule has 2 aromatic carbocycles. The number of nitrogens with zero attached hydrogens (tertiary/aromatic N) is 2. The third-order valence-electron chi connectivity index (χ3n) is 4.96. The second-order valence-corrected chi connectivity index (χ2v) is 8.28. The van der Waals surface area contributed by atoms with Crippen LogP contribution in [0, 0.1) is 0 Å². The molecule has 4 rings (SSSR count). The van der Waals surface area contributed by atoms with Gasteiger partial charge in [0.1, 0.15) is 11.1 Å². The van der Waals surface area contributed by atoms with E-state index in [1.807, 2.05) is 55.5 Å². The van der Waals surface area contributed by atoms with E-state index >= 15 is 0 Å². The van der Waals surface area contributed by atoms with E-state index < -0.39 is 0 Å². The summed E-state index contributed by atoms with van der Waals surface area (Å²) in [5, 5.41) is 4.20. The van der Waals surface area contributed by atoms with E-state index in [1.54, 1.807) is 4.57 Å². The van der Waals surface area contributed by atoms with Crippen LogP contribution in [0.15, 0.2) is 62.9 Å². The van der Waals surface area contributed by atoms with Gasteiger partial charge in [0.15, 0.2) is 5.16 Å². The number of anilines is 1. The Kier molecular flexibility index (Phi) is 5.63.